The van der Waals surface area contributed by atoms with Crippen LogP contribution in [0.15, 0.2) is 76.7 Å². The zero-order chi connectivity index (χ0) is 23.9. The van der Waals surface area contributed by atoms with Crippen LogP contribution in [0.3, 0.4) is 0 Å². The third-order valence-electron chi connectivity index (χ3n) is 5.98. The number of rotatable bonds is 3. The van der Waals surface area contributed by atoms with Crippen LogP contribution in [0, 0.1) is 25.5 Å². The monoisotopic (exact) mass is 460 g/mol. The van der Waals surface area contributed by atoms with Crippen molar-refractivity contribution in [2.24, 2.45) is 9.98 Å². The number of nitrogens with one attached hydrogen (secondary N) is 1. The number of benzene rings is 3. The highest BCUT2D eigenvalue weighted by atomic mass is 19.1. The smallest absolute Gasteiger partial charge is 0.227 e. The van der Waals surface area contributed by atoms with E-state index in [1.807, 2.05) is 32.0 Å². The van der Waals surface area contributed by atoms with Crippen molar-refractivity contribution >= 4 is 23.2 Å². The first kappa shape index (κ1) is 23.6. The lowest BCUT2D eigenvalue weighted by atomic mass is 10.0. The molecule has 0 radical (unpaired) electrons. The molecule has 0 spiro atoms. The summed E-state index contributed by atoms with van der Waals surface area (Å²) in [6, 6.07) is 18.5. The van der Waals surface area contributed by atoms with Gasteiger partial charge in [-0.05, 0) is 86.3 Å². The second-order valence-corrected chi connectivity index (χ2v) is 8.65. The molecule has 1 heterocycles. The van der Waals surface area contributed by atoms with Crippen molar-refractivity contribution in [1.29, 1.82) is 0 Å². The summed E-state index contributed by atoms with van der Waals surface area (Å²) in [4.78, 5) is 12.1. The molecule has 3 aromatic rings. The second kappa shape index (κ2) is 11.1. The molecule has 0 bridgehead atoms. The van der Waals surface area contributed by atoms with Gasteiger partial charge < -0.3 is 10.2 Å². The largest absolute Gasteiger partial charge is 0.341 e. The van der Waals surface area contributed by atoms with Crippen LogP contribution >= 0.6 is 0 Å². The number of amidine groups is 1. The molecule has 6 heteroatoms. The second-order valence-electron chi connectivity index (χ2n) is 8.65. The summed E-state index contributed by atoms with van der Waals surface area (Å²) in [6.07, 6.45) is 4.51. The number of hydrogen-bond acceptors (Lipinski definition) is 1. The third-order valence-corrected chi connectivity index (χ3v) is 5.98. The first-order chi connectivity index (χ1) is 16.5. The molecular weight excluding hydrogens is 430 g/mol. The topological polar surface area (TPSA) is 40.0 Å². The highest BCUT2D eigenvalue weighted by molar-refractivity contribution is 6.14. The number of aryl methyl sites for hydroxylation is 2. The molecule has 0 atom stereocenters. The first-order valence-electron chi connectivity index (χ1n) is 11.8. The number of halogens is 2. The molecule has 34 heavy (non-hydrogen) atoms. The highest BCUT2D eigenvalue weighted by Gasteiger charge is 2.18. The van der Waals surface area contributed by atoms with E-state index in [-0.39, 0.29) is 11.6 Å². The molecule has 3 aromatic carbocycles. The van der Waals surface area contributed by atoms with Crippen LogP contribution in [-0.2, 0) is 0 Å². The van der Waals surface area contributed by atoms with E-state index >= 15 is 0 Å². The minimum Gasteiger partial charge on any atom is -0.341 e. The van der Waals surface area contributed by atoms with Crippen molar-refractivity contribution in [3.8, 4) is 0 Å². The molecular formula is C28H30F2N4. The van der Waals surface area contributed by atoms with Gasteiger partial charge in [0.1, 0.15) is 17.5 Å². The lowest BCUT2D eigenvalue weighted by molar-refractivity contribution is 0.431. The standard InChI is InChI=1S/C28H30F2N4/c1-20-8-7-9-21(2)26(20)27(31-24-14-10-22(29)11-15-24)33-28(34-18-5-3-4-6-19-34)32-25-16-12-23(30)13-17-25/h7-17H,3-6,18-19H2,1-2H3,(H,31,32,33). The lowest BCUT2D eigenvalue weighted by Gasteiger charge is -2.23. The van der Waals surface area contributed by atoms with Crippen molar-refractivity contribution in [2.45, 2.75) is 39.5 Å². The first-order valence-corrected chi connectivity index (χ1v) is 11.8. The van der Waals surface area contributed by atoms with E-state index in [4.69, 9.17) is 9.98 Å². The van der Waals surface area contributed by atoms with Crippen LogP contribution in [0.1, 0.15) is 42.4 Å². The quantitative estimate of drug-likeness (QED) is 0.337. The Bertz CT molecular complexity index is 1140. The van der Waals surface area contributed by atoms with Gasteiger partial charge in [-0.1, -0.05) is 31.0 Å². The Hall–Kier alpha value is -3.54. The summed E-state index contributed by atoms with van der Waals surface area (Å²) in [7, 11) is 0. The summed E-state index contributed by atoms with van der Waals surface area (Å²) in [5.41, 5.74) is 4.51. The zero-order valence-electron chi connectivity index (χ0n) is 19.7. The molecule has 0 aromatic heterocycles. The fourth-order valence-corrected chi connectivity index (χ4v) is 4.17. The summed E-state index contributed by atoms with van der Waals surface area (Å²) in [6.45, 7) is 5.82. The number of hydrogen-bond donors (Lipinski definition) is 1. The molecule has 176 valence electrons. The third kappa shape index (κ3) is 6.07. The molecule has 1 saturated heterocycles. The Morgan fingerprint density at radius 1 is 0.765 bits per heavy atom. The minimum absolute atomic E-state index is 0.292. The van der Waals surface area contributed by atoms with E-state index in [1.165, 1.54) is 37.1 Å². The lowest BCUT2D eigenvalue weighted by Crippen LogP contribution is -2.32. The van der Waals surface area contributed by atoms with E-state index in [2.05, 4.69) is 10.2 Å². The Kier molecular flexibility index (Phi) is 7.68. The van der Waals surface area contributed by atoms with E-state index in [1.54, 1.807) is 24.3 Å². The normalized spacial score (nSPS) is 15.2. The van der Waals surface area contributed by atoms with Gasteiger partial charge in [-0.15, -0.1) is 0 Å². The minimum atomic E-state index is -0.298. The van der Waals surface area contributed by atoms with Crippen molar-refractivity contribution in [3.05, 3.63) is 95.1 Å². The fourth-order valence-electron chi connectivity index (χ4n) is 4.17. The molecule has 4 rings (SSSR count). The molecule has 4 nitrogen and oxygen atoms in total. The molecule has 0 saturated carbocycles. The SMILES string of the molecule is Cc1cccc(C)c1/C(=N/C(=Nc1ccc(F)cc1)N1CCCCCC1)Nc1ccc(F)cc1. The van der Waals surface area contributed by atoms with Crippen LogP contribution in [0.25, 0.3) is 0 Å². The number of likely N-dealkylation sites (tertiary alicyclic amines) is 1. The summed E-state index contributed by atoms with van der Waals surface area (Å²) < 4.78 is 27.0. The van der Waals surface area contributed by atoms with Crippen LogP contribution < -0.4 is 5.32 Å². The Morgan fingerprint density at radius 2 is 1.32 bits per heavy atom. The number of guanidine groups is 1. The van der Waals surface area contributed by atoms with Gasteiger partial charge in [-0.3, -0.25) is 0 Å². The van der Waals surface area contributed by atoms with Gasteiger partial charge in [-0.25, -0.2) is 13.8 Å². The van der Waals surface area contributed by atoms with Gasteiger partial charge in [-0.2, -0.15) is 4.99 Å². The molecule has 1 N–H and O–H groups in total. The maximum Gasteiger partial charge on any atom is 0.227 e. The maximum absolute atomic E-state index is 13.5. The predicted molar refractivity (Wildman–Crippen MR) is 136 cm³/mol. The van der Waals surface area contributed by atoms with E-state index in [9.17, 15) is 8.78 Å². The highest BCUT2D eigenvalue weighted by Crippen LogP contribution is 2.21. The van der Waals surface area contributed by atoms with Gasteiger partial charge in [0, 0.05) is 24.3 Å². The summed E-state index contributed by atoms with van der Waals surface area (Å²) >= 11 is 0. The zero-order valence-corrected chi connectivity index (χ0v) is 19.7. The van der Waals surface area contributed by atoms with Crippen molar-refractivity contribution in [2.75, 3.05) is 18.4 Å². The molecule has 1 aliphatic rings. The van der Waals surface area contributed by atoms with Crippen LogP contribution in [-0.4, -0.2) is 29.8 Å². The van der Waals surface area contributed by atoms with E-state index in [0.717, 1.165) is 48.3 Å². The van der Waals surface area contributed by atoms with Gasteiger partial charge in [0.25, 0.3) is 0 Å². The molecule has 0 amide bonds. The molecule has 1 fully saturated rings. The number of aliphatic imine (C=N–C) groups is 2. The van der Waals surface area contributed by atoms with Crippen molar-refractivity contribution < 1.29 is 8.78 Å². The summed E-state index contributed by atoms with van der Waals surface area (Å²) in [5.74, 6) is 0.639. The molecule has 0 unspecified atom stereocenters. The fraction of sp³-hybridized carbons (Fsp3) is 0.286. The van der Waals surface area contributed by atoms with Gasteiger partial charge >= 0.3 is 0 Å². The van der Waals surface area contributed by atoms with Crippen molar-refractivity contribution in [3.63, 3.8) is 0 Å². The maximum atomic E-state index is 13.5. The predicted octanol–water partition coefficient (Wildman–Crippen LogP) is 7.00. The number of anilines is 1. The van der Waals surface area contributed by atoms with E-state index in [0.29, 0.717) is 17.5 Å². The van der Waals surface area contributed by atoms with Gasteiger partial charge in [0.15, 0.2) is 0 Å². The van der Waals surface area contributed by atoms with Crippen LogP contribution in [0.2, 0.25) is 0 Å². The van der Waals surface area contributed by atoms with Crippen LogP contribution in [0.4, 0.5) is 20.2 Å². The molecule has 0 aliphatic carbocycles. The van der Waals surface area contributed by atoms with Crippen LogP contribution in [0.5, 0.6) is 0 Å². The van der Waals surface area contributed by atoms with Crippen molar-refractivity contribution in [1.82, 2.24) is 4.90 Å². The molecule has 1 aliphatic heterocycles. The average Bonchev–Trinajstić information content (AvgIpc) is 3.11. The Labute approximate surface area is 200 Å². The van der Waals surface area contributed by atoms with Gasteiger partial charge in [0.2, 0.25) is 5.96 Å². The van der Waals surface area contributed by atoms with E-state index < -0.39 is 0 Å². The summed E-state index contributed by atoms with van der Waals surface area (Å²) in [5, 5.41) is 3.40. The Balaban J connectivity index is 1.83. The average molecular weight is 461 g/mol. The number of nitrogens with zero attached hydrogens (tertiary/aromatic N) is 3. The van der Waals surface area contributed by atoms with Gasteiger partial charge in [0.05, 0.1) is 5.69 Å². The Morgan fingerprint density at radius 3 is 1.91 bits per heavy atom.